The molecular weight excluding hydrogens is 206 g/mol. The molecule has 0 radical (unpaired) electrons. The monoisotopic (exact) mass is 217 g/mol. The summed E-state index contributed by atoms with van der Waals surface area (Å²) in [6.07, 6.45) is 1.13. The van der Waals surface area contributed by atoms with Crippen LogP contribution in [0.25, 0.3) is 0 Å². The molecule has 0 bridgehead atoms. The van der Waals surface area contributed by atoms with Gasteiger partial charge in [0, 0.05) is 11.1 Å². The maximum atomic E-state index is 10.5. The van der Waals surface area contributed by atoms with E-state index in [0.29, 0.717) is 0 Å². The number of rotatable bonds is 4. The fraction of sp³-hybridized carbons (Fsp3) is 0.182. The highest BCUT2D eigenvalue weighted by Crippen LogP contribution is 2.23. The average Bonchev–Trinajstić information content (AvgIpc) is 2.30. The Morgan fingerprint density at radius 3 is 2.62 bits per heavy atom. The molecule has 0 heterocycles. The lowest BCUT2D eigenvalue weighted by Gasteiger charge is -2.11. The highest BCUT2D eigenvalue weighted by Gasteiger charge is 2.21. The normalized spacial score (nSPS) is 12.8. The minimum Gasteiger partial charge on any atom is -0.404 e. The van der Waals surface area contributed by atoms with E-state index in [1.54, 1.807) is 24.3 Å². The molecule has 0 amide bonds. The molecule has 0 aliphatic heterocycles. The molecule has 0 aromatic heterocycles. The summed E-state index contributed by atoms with van der Waals surface area (Å²) in [5.74, 6) is -0.578. The van der Waals surface area contributed by atoms with Gasteiger partial charge >= 0.3 is 0 Å². The van der Waals surface area contributed by atoms with Crippen LogP contribution in [-0.4, -0.2) is 11.5 Å². The van der Waals surface area contributed by atoms with E-state index in [2.05, 4.69) is 0 Å². The second-order valence-electron chi connectivity index (χ2n) is 3.21. The van der Waals surface area contributed by atoms with Crippen molar-refractivity contribution in [2.24, 2.45) is 5.73 Å². The van der Waals surface area contributed by atoms with Crippen LogP contribution in [0.5, 0.6) is 0 Å². The average molecular weight is 217 g/mol. The minimum atomic E-state index is -0.578. The lowest BCUT2D eigenvalue weighted by molar-refractivity contribution is -0.481. The largest absolute Gasteiger partial charge is 0.404 e. The first-order chi connectivity index (χ1) is 7.69. The van der Waals surface area contributed by atoms with Gasteiger partial charge in [-0.05, 0) is 5.56 Å². The second-order valence-corrected chi connectivity index (χ2v) is 3.21. The fourth-order valence-corrected chi connectivity index (χ4v) is 1.45. The van der Waals surface area contributed by atoms with Crippen LogP contribution in [0.2, 0.25) is 0 Å². The molecule has 0 fully saturated rings. The molecule has 2 N–H and O–H groups in total. The van der Waals surface area contributed by atoms with Gasteiger partial charge in [-0.1, -0.05) is 30.3 Å². The summed E-state index contributed by atoms with van der Waals surface area (Å²) in [4.78, 5) is 10.1. The maximum Gasteiger partial charge on any atom is 0.215 e. The van der Waals surface area contributed by atoms with Gasteiger partial charge in [0.2, 0.25) is 6.54 Å². The van der Waals surface area contributed by atoms with E-state index in [1.807, 2.05) is 12.1 Å². The van der Waals surface area contributed by atoms with Crippen LogP contribution in [-0.2, 0) is 0 Å². The van der Waals surface area contributed by atoms with Crippen molar-refractivity contribution >= 4 is 0 Å². The zero-order chi connectivity index (χ0) is 12.0. The molecule has 5 nitrogen and oxygen atoms in total. The Morgan fingerprint density at radius 2 is 2.19 bits per heavy atom. The van der Waals surface area contributed by atoms with Gasteiger partial charge in [-0.2, -0.15) is 5.26 Å². The van der Waals surface area contributed by atoms with E-state index in [4.69, 9.17) is 11.0 Å². The zero-order valence-electron chi connectivity index (χ0n) is 8.54. The Labute approximate surface area is 93.0 Å². The van der Waals surface area contributed by atoms with Crippen molar-refractivity contribution in [3.8, 4) is 6.07 Å². The summed E-state index contributed by atoms with van der Waals surface area (Å²) in [7, 11) is 0. The number of nitriles is 1. The topological polar surface area (TPSA) is 93.0 Å². The molecule has 0 saturated heterocycles. The SMILES string of the molecule is N#CC(=CN)C(C[N+](=O)[O-])c1ccccc1. The van der Waals surface area contributed by atoms with Crippen LogP contribution < -0.4 is 5.73 Å². The Hall–Kier alpha value is -2.35. The summed E-state index contributed by atoms with van der Waals surface area (Å²) in [6, 6.07) is 10.7. The number of benzene rings is 1. The van der Waals surface area contributed by atoms with Crippen molar-refractivity contribution in [3.63, 3.8) is 0 Å². The molecule has 1 atom stereocenters. The number of hydrogen-bond acceptors (Lipinski definition) is 4. The third-order valence-electron chi connectivity index (χ3n) is 2.22. The molecule has 0 aliphatic rings. The highest BCUT2D eigenvalue weighted by molar-refractivity contribution is 5.36. The number of nitrogens with two attached hydrogens (primary N) is 1. The van der Waals surface area contributed by atoms with Crippen LogP contribution in [0.15, 0.2) is 42.1 Å². The molecule has 16 heavy (non-hydrogen) atoms. The van der Waals surface area contributed by atoms with Crippen molar-refractivity contribution in [1.29, 1.82) is 5.26 Å². The maximum absolute atomic E-state index is 10.5. The van der Waals surface area contributed by atoms with Gasteiger partial charge in [0.05, 0.1) is 17.6 Å². The van der Waals surface area contributed by atoms with E-state index < -0.39 is 10.8 Å². The van der Waals surface area contributed by atoms with E-state index in [0.717, 1.165) is 11.8 Å². The van der Waals surface area contributed by atoms with Crippen molar-refractivity contribution in [1.82, 2.24) is 0 Å². The van der Waals surface area contributed by atoms with Crippen molar-refractivity contribution in [2.75, 3.05) is 6.54 Å². The first-order valence-corrected chi connectivity index (χ1v) is 4.67. The first kappa shape index (κ1) is 11.7. The second kappa shape index (κ2) is 5.51. The summed E-state index contributed by atoms with van der Waals surface area (Å²) in [5.41, 5.74) is 6.22. The zero-order valence-corrected chi connectivity index (χ0v) is 8.54. The predicted octanol–water partition coefficient (Wildman–Crippen LogP) is 1.41. The summed E-state index contributed by atoms with van der Waals surface area (Å²) in [5, 5.41) is 19.4. The van der Waals surface area contributed by atoms with Gasteiger partial charge in [-0.25, -0.2) is 0 Å². The van der Waals surface area contributed by atoms with Crippen LogP contribution in [0.3, 0.4) is 0 Å². The third kappa shape index (κ3) is 2.82. The molecule has 0 saturated carbocycles. The fourth-order valence-electron chi connectivity index (χ4n) is 1.45. The molecule has 1 aromatic rings. The van der Waals surface area contributed by atoms with E-state index in [9.17, 15) is 10.1 Å². The van der Waals surface area contributed by atoms with Gasteiger partial charge in [-0.3, -0.25) is 10.1 Å². The Balaban J connectivity index is 3.07. The van der Waals surface area contributed by atoms with Crippen molar-refractivity contribution in [2.45, 2.75) is 5.92 Å². The molecule has 1 rings (SSSR count). The molecule has 1 unspecified atom stereocenters. The number of nitrogens with zero attached hydrogens (tertiary/aromatic N) is 2. The molecular formula is C11H11N3O2. The van der Waals surface area contributed by atoms with Gasteiger partial charge in [0.15, 0.2) is 0 Å². The Morgan fingerprint density at radius 1 is 1.56 bits per heavy atom. The summed E-state index contributed by atoms with van der Waals surface area (Å²) < 4.78 is 0. The lowest BCUT2D eigenvalue weighted by Crippen LogP contribution is -2.15. The summed E-state index contributed by atoms with van der Waals surface area (Å²) in [6.45, 7) is -0.333. The van der Waals surface area contributed by atoms with E-state index in [1.165, 1.54) is 0 Å². The Bertz CT molecular complexity index is 434. The standard InChI is InChI=1S/C11H11N3O2/c12-6-10(7-13)11(8-14(15)16)9-4-2-1-3-5-9/h1-6,11H,8,12H2. The number of hydrogen-bond donors (Lipinski definition) is 1. The highest BCUT2D eigenvalue weighted by atomic mass is 16.6. The van der Waals surface area contributed by atoms with E-state index in [-0.39, 0.29) is 12.1 Å². The van der Waals surface area contributed by atoms with Crippen LogP contribution in [0.1, 0.15) is 11.5 Å². The quantitative estimate of drug-likeness (QED) is 0.468. The van der Waals surface area contributed by atoms with Gasteiger partial charge in [0.1, 0.15) is 0 Å². The first-order valence-electron chi connectivity index (χ1n) is 4.67. The van der Waals surface area contributed by atoms with Gasteiger partial charge in [0.25, 0.3) is 0 Å². The molecule has 1 aromatic carbocycles. The smallest absolute Gasteiger partial charge is 0.215 e. The van der Waals surface area contributed by atoms with Crippen molar-refractivity contribution < 1.29 is 4.92 Å². The molecule has 82 valence electrons. The van der Waals surface area contributed by atoms with E-state index >= 15 is 0 Å². The van der Waals surface area contributed by atoms with Crippen LogP contribution in [0, 0.1) is 21.4 Å². The van der Waals surface area contributed by atoms with Crippen LogP contribution >= 0.6 is 0 Å². The molecule has 0 spiro atoms. The van der Waals surface area contributed by atoms with Crippen molar-refractivity contribution in [3.05, 3.63) is 57.8 Å². The Kier molecular flexibility index (Phi) is 4.04. The van der Waals surface area contributed by atoms with Gasteiger partial charge in [-0.15, -0.1) is 0 Å². The predicted molar refractivity (Wildman–Crippen MR) is 58.9 cm³/mol. The van der Waals surface area contributed by atoms with Gasteiger partial charge < -0.3 is 5.73 Å². The lowest BCUT2D eigenvalue weighted by atomic mass is 9.92. The third-order valence-corrected chi connectivity index (χ3v) is 2.22. The minimum absolute atomic E-state index is 0.211. The summed E-state index contributed by atoms with van der Waals surface area (Å²) >= 11 is 0. The molecule has 0 aliphatic carbocycles. The van der Waals surface area contributed by atoms with Crippen LogP contribution in [0.4, 0.5) is 0 Å². The molecule has 5 heteroatoms. The number of nitro groups is 1.